The van der Waals surface area contributed by atoms with Crippen LogP contribution >= 0.6 is 0 Å². The van der Waals surface area contributed by atoms with E-state index >= 15 is 0 Å². The number of likely N-dealkylation sites (tertiary alicyclic amines) is 1. The van der Waals surface area contributed by atoms with Gasteiger partial charge in [0.05, 0.1) is 29.4 Å². The summed E-state index contributed by atoms with van der Waals surface area (Å²) in [6.07, 6.45) is 3.54. The predicted molar refractivity (Wildman–Crippen MR) is 124 cm³/mol. The van der Waals surface area contributed by atoms with Gasteiger partial charge in [0.2, 0.25) is 12.3 Å². The van der Waals surface area contributed by atoms with Gasteiger partial charge in [-0.15, -0.1) is 0 Å². The fourth-order valence-electron chi connectivity index (χ4n) is 4.19. The Morgan fingerprint density at radius 3 is 2.50 bits per heavy atom. The molecule has 0 aromatic heterocycles. The first kappa shape index (κ1) is 26.0. The summed E-state index contributed by atoms with van der Waals surface area (Å²) in [6, 6.07) is 5.35. The minimum absolute atomic E-state index is 0.0476. The first-order valence-corrected chi connectivity index (χ1v) is 12.5. The highest BCUT2D eigenvalue weighted by atomic mass is 32.2. The van der Waals surface area contributed by atoms with Gasteiger partial charge in [-0.05, 0) is 30.5 Å². The summed E-state index contributed by atoms with van der Waals surface area (Å²) in [5, 5.41) is 2.73. The van der Waals surface area contributed by atoms with E-state index in [1.807, 2.05) is 0 Å². The molecule has 1 heterocycles. The number of hydrogen-bond donors (Lipinski definition) is 2. The van der Waals surface area contributed by atoms with Crippen molar-refractivity contribution in [2.24, 2.45) is 5.92 Å². The van der Waals surface area contributed by atoms with Crippen molar-refractivity contribution in [3.05, 3.63) is 29.8 Å². The lowest BCUT2D eigenvalue weighted by atomic mass is 9.94. The number of carbonyl (C=O) groups excluding carboxylic acids is 4. The molecule has 1 aliphatic carbocycles. The van der Waals surface area contributed by atoms with E-state index in [9.17, 15) is 23.7 Å². The number of amides is 3. The summed E-state index contributed by atoms with van der Waals surface area (Å²) in [6.45, 7) is 2.64. The molecule has 34 heavy (non-hydrogen) atoms. The summed E-state index contributed by atoms with van der Waals surface area (Å²) < 4.78 is 25.2. The predicted octanol–water partition coefficient (Wildman–Crippen LogP) is 0.463. The standard InChI is InChI=1S/C23H31N3O7S/c1-15(21(32-2)20-4-3-11-26(20)13-27)22(29)24-19(23(30)25-34(31)18-9-10-18)12-16-5-7-17(8-6-16)33-14-28/h5-8,13-15,18-21H,3-4,9-12H2,1-2H3,(H,24,29)(H,25,30). The fraction of sp³-hybridized carbons (Fsp3) is 0.565. The molecular weight excluding hydrogens is 462 g/mol. The number of methoxy groups -OCH3 is 1. The molecule has 2 fully saturated rings. The molecule has 1 aromatic carbocycles. The van der Waals surface area contributed by atoms with Gasteiger partial charge in [-0.2, -0.15) is 4.72 Å². The zero-order valence-electron chi connectivity index (χ0n) is 19.3. The van der Waals surface area contributed by atoms with E-state index in [1.165, 1.54) is 7.11 Å². The van der Waals surface area contributed by atoms with Gasteiger partial charge < -0.3 is 24.2 Å². The quantitative estimate of drug-likeness (QED) is 0.301. The van der Waals surface area contributed by atoms with Crippen LogP contribution in [0.5, 0.6) is 5.75 Å². The highest BCUT2D eigenvalue weighted by Crippen LogP contribution is 2.28. The lowest BCUT2D eigenvalue weighted by molar-refractivity contribution is -0.136. The van der Waals surface area contributed by atoms with E-state index in [4.69, 9.17) is 9.47 Å². The van der Waals surface area contributed by atoms with Crippen molar-refractivity contribution >= 4 is 36.1 Å². The van der Waals surface area contributed by atoms with Crippen LogP contribution in [0.1, 0.15) is 38.2 Å². The summed E-state index contributed by atoms with van der Waals surface area (Å²) in [5.41, 5.74) is 0.717. The summed E-state index contributed by atoms with van der Waals surface area (Å²) in [7, 11) is 1.50. The molecule has 3 amide bonds. The first-order chi connectivity index (χ1) is 16.4. The second-order valence-corrected chi connectivity index (χ2v) is 10.1. The molecule has 10 nitrogen and oxygen atoms in total. The lowest BCUT2D eigenvalue weighted by Crippen LogP contribution is -2.54. The molecule has 1 aliphatic heterocycles. The zero-order chi connectivity index (χ0) is 24.7. The van der Waals surface area contributed by atoms with Crippen molar-refractivity contribution in [2.75, 3.05) is 13.7 Å². The Balaban J connectivity index is 1.71. The Morgan fingerprint density at radius 1 is 1.21 bits per heavy atom. The van der Waals surface area contributed by atoms with Gasteiger partial charge in [-0.1, -0.05) is 19.1 Å². The van der Waals surface area contributed by atoms with Gasteiger partial charge in [-0.25, -0.2) is 0 Å². The second-order valence-electron chi connectivity index (χ2n) is 8.63. The third-order valence-electron chi connectivity index (χ3n) is 6.24. The molecule has 3 rings (SSSR count). The first-order valence-electron chi connectivity index (χ1n) is 11.3. The number of carbonyl (C=O) groups is 4. The van der Waals surface area contributed by atoms with E-state index in [0.29, 0.717) is 18.8 Å². The number of rotatable bonds is 13. The summed E-state index contributed by atoms with van der Waals surface area (Å²) >= 11 is -1.50. The number of nitrogens with one attached hydrogen (secondary N) is 2. The van der Waals surface area contributed by atoms with Crippen molar-refractivity contribution in [2.45, 2.75) is 62.5 Å². The van der Waals surface area contributed by atoms with Gasteiger partial charge in [0.15, 0.2) is 0 Å². The third-order valence-corrected chi connectivity index (χ3v) is 7.72. The molecule has 1 saturated carbocycles. The van der Waals surface area contributed by atoms with Crippen LogP contribution in [0.2, 0.25) is 0 Å². The van der Waals surface area contributed by atoms with Crippen LogP contribution in [0, 0.1) is 5.92 Å². The van der Waals surface area contributed by atoms with E-state index in [0.717, 1.165) is 37.7 Å². The molecule has 5 unspecified atom stereocenters. The Morgan fingerprint density at radius 2 is 1.91 bits per heavy atom. The van der Waals surface area contributed by atoms with Crippen LogP contribution in [0.3, 0.4) is 0 Å². The zero-order valence-corrected chi connectivity index (χ0v) is 20.1. The van der Waals surface area contributed by atoms with Crippen molar-refractivity contribution in [1.29, 1.82) is 0 Å². The van der Waals surface area contributed by atoms with Crippen molar-refractivity contribution in [3.63, 3.8) is 0 Å². The van der Waals surface area contributed by atoms with Crippen LogP contribution in [-0.4, -0.2) is 71.2 Å². The normalized spacial score (nSPS) is 21.1. The van der Waals surface area contributed by atoms with Gasteiger partial charge in [-0.3, -0.25) is 19.2 Å². The highest BCUT2D eigenvalue weighted by Gasteiger charge is 2.40. The number of ether oxygens (including phenoxy) is 2. The molecule has 186 valence electrons. The smallest absolute Gasteiger partial charge is 0.298 e. The van der Waals surface area contributed by atoms with Gasteiger partial charge in [0.25, 0.3) is 12.4 Å². The SMILES string of the molecule is COC(C(C)C(=O)NC(Cc1ccc(OC=O)cc1)C(=O)N[S+]([O-])C1CC1)C1CCCN1C=O. The van der Waals surface area contributed by atoms with E-state index in [2.05, 4.69) is 10.0 Å². The molecule has 1 aromatic rings. The third kappa shape index (κ3) is 6.71. The van der Waals surface area contributed by atoms with Crippen LogP contribution in [0.4, 0.5) is 0 Å². The fourth-order valence-corrected chi connectivity index (χ4v) is 5.26. The topological polar surface area (TPSA) is 137 Å². The molecule has 0 spiro atoms. The number of benzene rings is 1. The molecule has 2 N–H and O–H groups in total. The number of nitrogens with zero attached hydrogens (tertiary/aromatic N) is 1. The maximum absolute atomic E-state index is 13.2. The average molecular weight is 494 g/mol. The van der Waals surface area contributed by atoms with E-state index in [1.54, 1.807) is 36.1 Å². The van der Waals surface area contributed by atoms with Crippen LogP contribution in [0.15, 0.2) is 24.3 Å². The maximum Gasteiger partial charge on any atom is 0.298 e. The second kappa shape index (κ2) is 12.2. The average Bonchev–Trinajstić information content (AvgIpc) is 3.59. The Labute approximate surface area is 202 Å². The molecule has 0 radical (unpaired) electrons. The van der Waals surface area contributed by atoms with Crippen LogP contribution < -0.4 is 14.8 Å². The molecule has 2 aliphatic rings. The van der Waals surface area contributed by atoms with E-state index in [-0.39, 0.29) is 17.7 Å². The minimum Gasteiger partial charge on any atom is -0.593 e. The summed E-state index contributed by atoms with van der Waals surface area (Å²) in [4.78, 5) is 49.6. The lowest BCUT2D eigenvalue weighted by Gasteiger charge is -2.32. The van der Waals surface area contributed by atoms with Crippen LogP contribution in [-0.2, 0) is 41.7 Å². The van der Waals surface area contributed by atoms with Crippen LogP contribution in [0.25, 0.3) is 0 Å². The monoisotopic (exact) mass is 493 g/mol. The van der Waals surface area contributed by atoms with Crippen molar-refractivity contribution in [3.8, 4) is 5.75 Å². The minimum atomic E-state index is -1.50. The molecule has 0 bridgehead atoms. The van der Waals surface area contributed by atoms with Gasteiger partial charge >= 0.3 is 0 Å². The van der Waals surface area contributed by atoms with Gasteiger partial charge in [0.1, 0.15) is 17.0 Å². The van der Waals surface area contributed by atoms with Crippen molar-refractivity contribution in [1.82, 2.24) is 14.9 Å². The molecular formula is C23H31N3O7S. The summed E-state index contributed by atoms with van der Waals surface area (Å²) in [5.74, 6) is -1.22. The molecule has 11 heteroatoms. The highest BCUT2D eigenvalue weighted by molar-refractivity contribution is 7.90. The Kier molecular flexibility index (Phi) is 9.31. The van der Waals surface area contributed by atoms with Crippen molar-refractivity contribution < 1.29 is 33.2 Å². The molecule has 1 saturated heterocycles. The van der Waals surface area contributed by atoms with Gasteiger partial charge in [0, 0.05) is 32.9 Å². The maximum atomic E-state index is 13.2. The molecule has 5 atom stereocenters. The van der Waals surface area contributed by atoms with E-state index < -0.39 is 41.2 Å². The largest absolute Gasteiger partial charge is 0.593 e. The Bertz CT molecular complexity index is 865. The Hall–Kier alpha value is -2.63. The number of hydrogen-bond acceptors (Lipinski definition) is 7.